The molecule has 0 aromatic carbocycles. The number of thiophene rings is 1. The monoisotopic (exact) mass is 507 g/mol. The molecule has 3 heterocycles. The van der Waals surface area contributed by atoms with Crippen LogP contribution in [-0.2, 0) is 22.4 Å². The van der Waals surface area contributed by atoms with Gasteiger partial charge in [0, 0.05) is 36.5 Å². The number of guanidine groups is 1. The van der Waals surface area contributed by atoms with Gasteiger partial charge in [0.2, 0.25) is 0 Å². The number of hydrogen-bond donors (Lipinski definition) is 1. The second-order valence-electron chi connectivity index (χ2n) is 7.13. The Balaban J connectivity index is 0.00000261. The van der Waals surface area contributed by atoms with Crippen molar-refractivity contribution in [1.29, 1.82) is 0 Å². The maximum absolute atomic E-state index is 6.12. The zero-order valence-electron chi connectivity index (χ0n) is 16.6. The number of nitrogens with one attached hydrogen (secondary N) is 1. The molecule has 2 fully saturated rings. The molecule has 1 aromatic rings. The molecular formula is C20H34IN3O2S. The lowest BCUT2D eigenvalue weighted by atomic mass is 10.1. The van der Waals surface area contributed by atoms with E-state index in [-0.39, 0.29) is 24.0 Å². The van der Waals surface area contributed by atoms with Crippen LogP contribution in [0.5, 0.6) is 0 Å². The smallest absolute Gasteiger partial charge is 0.193 e. The van der Waals surface area contributed by atoms with Gasteiger partial charge in [-0.3, -0.25) is 4.99 Å². The highest BCUT2D eigenvalue weighted by Gasteiger charge is 2.23. The van der Waals surface area contributed by atoms with Crippen molar-refractivity contribution in [3.63, 3.8) is 0 Å². The van der Waals surface area contributed by atoms with E-state index >= 15 is 0 Å². The van der Waals surface area contributed by atoms with Crippen LogP contribution in [0.4, 0.5) is 0 Å². The summed E-state index contributed by atoms with van der Waals surface area (Å²) in [6.45, 7) is 6.72. The molecule has 3 rings (SSSR count). The highest BCUT2D eigenvalue weighted by Crippen LogP contribution is 2.19. The van der Waals surface area contributed by atoms with E-state index in [9.17, 15) is 0 Å². The van der Waals surface area contributed by atoms with Gasteiger partial charge < -0.3 is 19.7 Å². The maximum atomic E-state index is 6.12. The predicted octanol–water partition coefficient (Wildman–Crippen LogP) is 4.05. The number of aryl methyl sites for hydroxylation is 1. The van der Waals surface area contributed by atoms with E-state index in [0.29, 0.717) is 12.2 Å². The first-order chi connectivity index (χ1) is 12.8. The lowest BCUT2D eigenvalue weighted by Crippen LogP contribution is -2.47. The summed E-state index contributed by atoms with van der Waals surface area (Å²) in [5.41, 5.74) is 0. The van der Waals surface area contributed by atoms with E-state index in [0.717, 1.165) is 64.5 Å². The van der Waals surface area contributed by atoms with Crippen molar-refractivity contribution < 1.29 is 9.47 Å². The molecule has 1 N–H and O–H groups in total. The molecule has 0 amide bonds. The maximum Gasteiger partial charge on any atom is 0.193 e. The Kier molecular flexibility index (Phi) is 10.4. The van der Waals surface area contributed by atoms with Crippen LogP contribution in [0.2, 0.25) is 0 Å². The van der Waals surface area contributed by atoms with E-state index in [4.69, 9.17) is 9.47 Å². The van der Waals surface area contributed by atoms with Gasteiger partial charge >= 0.3 is 0 Å². The van der Waals surface area contributed by atoms with Crippen LogP contribution in [-0.4, -0.2) is 56.4 Å². The standard InChI is InChI=1S/C20H33N3O2S.HI/c1-3-18-7-8-19(26-18)14-22-20(21-2)23-11-9-16(10-12-23)25-15-17-6-4-5-13-24-17;/h7-8,16-17H,3-6,9-15H2,1-2H3,(H,21,22);1H. The SMILES string of the molecule is CCc1ccc(CNC(=NC)N2CCC(OCC3CCCCO3)CC2)s1.I. The number of ether oxygens (including phenoxy) is 2. The second-order valence-corrected chi connectivity index (χ2v) is 8.38. The Hall–Kier alpha value is -0.380. The molecule has 7 heteroatoms. The molecule has 27 heavy (non-hydrogen) atoms. The zero-order valence-corrected chi connectivity index (χ0v) is 19.8. The summed E-state index contributed by atoms with van der Waals surface area (Å²) in [6.07, 6.45) is 7.54. The molecule has 0 spiro atoms. The molecule has 154 valence electrons. The Labute approximate surface area is 184 Å². The van der Waals surface area contributed by atoms with Crippen molar-refractivity contribution in [2.24, 2.45) is 4.99 Å². The highest BCUT2D eigenvalue weighted by atomic mass is 127. The average Bonchev–Trinajstić information content (AvgIpc) is 3.17. The Morgan fingerprint density at radius 3 is 2.67 bits per heavy atom. The Morgan fingerprint density at radius 1 is 1.26 bits per heavy atom. The van der Waals surface area contributed by atoms with Crippen LogP contribution in [0.1, 0.15) is 48.8 Å². The van der Waals surface area contributed by atoms with Gasteiger partial charge in [0.25, 0.3) is 0 Å². The van der Waals surface area contributed by atoms with Crippen molar-refractivity contribution >= 4 is 41.3 Å². The number of hydrogen-bond acceptors (Lipinski definition) is 4. The summed E-state index contributed by atoms with van der Waals surface area (Å²) >= 11 is 1.88. The molecule has 0 saturated carbocycles. The number of aliphatic imine (C=N–C) groups is 1. The fraction of sp³-hybridized carbons (Fsp3) is 0.750. The van der Waals surface area contributed by atoms with E-state index < -0.39 is 0 Å². The van der Waals surface area contributed by atoms with Crippen LogP contribution in [0, 0.1) is 0 Å². The third-order valence-corrected chi connectivity index (χ3v) is 6.46. The Morgan fingerprint density at radius 2 is 2.04 bits per heavy atom. The van der Waals surface area contributed by atoms with Gasteiger partial charge in [-0.05, 0) is 50.7 Å². The van der Waals surface area contributed by atoms with Crippen molar-refractivity contribution in [3.05, 3.63) is 21.9 Å². The molecule has 2 aliphatic rings. The minimum atomic E-state index is 0. The first kappa shape index (κ1) is 22.9. The molecule has 0 aliphatic carbocycles. The van der Waals surface area contributed by atoms with Crippen LogP contribution in [0.25, 0.3) is 0 Å². The fourth-order valence-corrected chi connectivity index (χ4v) is 4.52. The number of likely N-dealkylation sites (tertiary alicyclic amines) is 1. The van der Waals surface area contributed by atoms with Gasteiger partial charge in [0.1, 0.15) is 0 Å². The van der Waals surface area contributed by atoms with Crippen LogP contribution in [0.15, 0.2) is 17.1 Å². The van der Waals surface area contributed by atoms with Crippen molar-refractivity contribution in [1.82, 2.24) is 10.2 Å². The molecule has 0 bridgehead atoms. The summed E-state index contributed by atoms with van der Waals surface area (Å²) in [4.78, 5) is 9.64. The van der Waals surface area contributed by atoms with Gasteiger partial charge in [-0.1, -0.05) is 6.92 Å². The molecule has 1 aromatic heterocycles. The molecular weight excluding hydrogens is 473 g/mol. The molecule has 1 atom stereocenters. The molecule has 2 saturated heterocycles. The number of halogens is 1. The van der Waals surface area contributed by atoms with E-state index in [2.05, 4.69) is 34.3 Å². The Bertz CT molecular complexity index is 567. The first-order valence-electron chi connectivity index (χ1n) is 10.0. The fourth-order valence-electron chi connectivity index (χ4n) is 3.62. The van der Waals surface area contributed by atoms with Crippen LogP contribution >= 0.6 is 35.3 Å². The van der Waals surface area contributed by atoms with Crippen LogP contribution < -0.4 is 5.32 Å². The van der Waals surface area contributed by atoms with Gasteiger partial charge in [-0.25, -0.2) is 0 Å². The van der Waals surface area contributed by atoms with Gasteiger partial charge in [0.05, 0.1) is 25.4 Å². The quantitative estimate of drug-likeness (QED) is 0.359. The third kappa shape index (κ3) is 7.18. The highest BCUT2D eigenvalue weighted by molar-refractivity contribution is 14.0. The lowest BCUT2D eigenvalue weighted by Gasteiger charge is -2.35. The second kappa shape index (κ2) is 12.2. The van der Waals surface area contributed by atoms with Crippen molar-refractivity contribution in [2.45, 2.75) is 64.2 Å². The van der Waals surface area contributed by atoms with Crippen LogP contribution in [0.3, 0.4) is 0 Å². The zero-order chi connectivity index (χ0) is 18.2. The van der Waals surface area contributed by atoms with Gasteiger partial charge in [0.15, 0.2) is 5.96 Å². The summed E-state index contributed by atoms with van der Waals surface area (Å²) in [6, 6.07) is 4.44. The number of rotatable bonds is 6. The van der Waals surface area contributed by atoms with Gasteiger partial charge in [-0.2, -0.15) is 0 Å². The summed E-state index contributed by atoms with van der Waals surface area (Å²) in [5.74, 6) is 1.01. The average molecular weight is 507 g/mol. The molecule has 1 unspecified atom stereocenters. The van der Waals surface area contributed by atoms with E-state index in [1.807, 2.05) is 18.4 Å². The first-order valence-corrected chi connectivity index (χ1v) is 10.9. The summed E-state index contributed by atoms with van der Waals surface area (Å²) < 4.78 is 11.9. The molecule has 2 aliphatic heterocycles. The van der Waals surface area contributed by atoms with E-state index in [1.54, 1.807) is 0 Å². The van der Waals surface area contributed by atoms with Crippen molar-refractivity contribution in [3.8, 4) is 0 Å². The van der Waals surface area contributed by atoms with Crippen molar-refractivity contribution in [2.75, 3.05) is 33.4 Å². The lowest BCUT2D eigenvalue weighted by molar-refractivity contribution is -0.0721. The largest absolute Gasteiger partial charge is 0.376 e. The summed E-state index contributed by atoms with van der Waals surface area (Å²) in [5, 5.41) is 3.52. The molecule has 0 radical (unpaired) electrons. The number of nitrogens with zero attached hydrogens (tertiary/aromatic N) is 2. The molecule has 5 nitrogen and oxygen atoms in total. The third-order valence-electron chi connectivity index (χ3n) is 5.23. The van der Waals surface area contributed by atoms with Gasteiger partial charge in [-0.15, -0.1) is 35.3 Å². The minimum absolute atomic E-state index is 0. The summed E-state index contributed by atoms with van der Waals surface area (Å²) in [7, 11) is 1.87. The topological polar surface area (TPSA) is 46.1 Å². The number of piperidine rings is 1. The minimum Gasteiger partial charge on any atom is -0.376 e. The van der Waals surface area contributed by atoms with E-state index in [1.165, 1.54) is 22.6 Å². The predicted molar refractivity (Wildman–Crippen MR) is 123 cm³/mol. The normalized spacial score (nSPS) is 21.8.